The molecule has 0 atom stereocenters. The summed E-state index contributed by atoms with van der Waals surface area (Å²) in [6.07, 6.45) is 0. The first-order valence-corrected chi connectivity index (χ1v) is 6.25. The number of nitrogen functional groups attached to an aromatic ring is 1. The van der Waals surface area contributed by atoms with Crippen molar-refractivity contribution in [3.8, 4) is 17.4 Å². The second-order valence-corrected chi connectivity index (χ2v) is 3.96. The molecule has 20 heavy (non-hydrogen) atoms. The molecule has 2 N–H and O–H groups in total. The molecule has 2 aromatic rings. The van der Waals surface area contributed by atoms with Crippen LogP contribution >= 0.6 is 0 Å². The molecule has 0 bridgehead atoms. The summed E-state index contributed by atoms with van der Waals surface area (Å²) in [5, 5.41) is 0. The van der Waals surface area contributed by atoms with E-state index in [2.05, 4.69) is 9.97 Å². The number of hydrogen-bond donors (Lipinski definition) is 1. The predicted octanol–water partition coefficient (Wildman–Crippen LogP) is 2.40. The molecule has 0 spiro atoms. The fourth-order valence-corrected chi connectivity index (χ4v) is 1.66. The van der Waals surface area contributed by atoms with Crippen LogP contribution in [0.2, 0.25) is 0 Å². The van der Waals surface area contributed by atoms with Gasteiger partial charge in [0.05, 0.1) is 6.61 Å². The highest BCUT2D eigenvalue weighted by atomic mass is 16.5. The van der Waals surface area contributed by atoms with Gasteiger partial charge in [-0.2, -0.15) is 4.98 Å². The van der Waals surface area contributed by atoms with Crippen LogP contribution in [0.1, 0.15) is 12.7 Å². The summed E-state index contributed by atoms with van der Waals surface area (Å²) in [5.74, 6) is 2.39. The largest absolute Gasteiger partial charge is 0.490 e. The van der Waals surface area contributed by atoms with Gasteiger partial charge in [0.1, 0.15) is 12.4 Å². The lowest BCUT2D eigenvalue weighted by molar-refractivity contribution is 0.177. The molecule has 6 nitrogen and oxygen atoms in total. The summed E-state index contributed by atoms with van der Waals surface area (Å²) in [4.78, 5) is 8.28. The maximum absolute atomic E-state index is 5.72. The van der Waals surface area contributed by atoms with Crippen molar-refractivity contribution in [2.75, 3.05) is 19.5 Å². The van der Waals surface area contributed by atoms with Crippen LogP contribution in [0.4, 0.5) is 5.82 Å². The van der Waals surface area contributed by atoms with Crippen LogP contribution in [0.5, 0.6) is 17.4 Å². The number of nitrogens with two attached hydrogens (primary N) is 1. The van der Waals surface area contributed by atoms with Crippen molar-refractivity contribution in [2.24, 2.45) is 0 Å². The molecular weight excluding hydrogens is 258 g/mol. The first-order chi connectivity index (χ1) is 9.72. The Morgan fingerprint density at radius 2 is 1.90 bits per heavy atom. The molecule has 0 aliphatic rings. The van der Waals surface area contributed by atoms with Crippen LogP contribution < -0.4 is 15.2 Å². The summed E-state index contributed by atoms with van der Waals surface area (Å²) in [5.41, 5.74) is 5.72. The molecule has 0 saturated carbocycles. The van der Waals surface area contributed by atoms with Crippen molar-refractivity contribution in [1.82, 2.24) is 9.97 Å². The lowest BCUT2D eigenvalue weighted by atomic mass is 10.3. The van der Waals surface area contributed by atoms with Crippen LogP contribution in [-0.2, 0) is 11.3 Å². The maximum atomic E-state index is 5.72. The third-order valence-corrected chi connectivity index (χ3v) is 2.41. The van der Waals surface area contributed by atoms with Crippen molar-refractivity contribution in [1.29, 1.82) is 0 Å². The highest BCUT2D eigenvalue weighted by Gasteiger charge is 2.08. The number of nitrogens with zero attached hydrogens (tertiary/aromatic N) is 2. The Balaban J connectivity index is 2.25. The lowest BCUT2D eigenvalue weighted by Gasteiger charge is -2.11. The van der Waals surface area contributed by atoms with Gasteiger partial charge in [-0.05, 0) is 19.1 Å². The number of benzene rings is 1. The second kappa shape index (κ2) is 6.72. The van der Waals surface area contributed by atoms with Gasteiger partial charge in [0.15, 0.2) is 17.3 Å². The Bertz CT molecular complexity index is 575. The van der Waals surface area contributed by atoms with Gasteiger partial charge in [-0.25, -0.2) is 4.98 Å². The van der Waals surface area contributed by atoms with Gasteiger partial charge in [-0.3, -0.25) is 0 Å². The van der Waals surface area contributed by atoms with Gasteiger partial charge in [0, 0.05) is 13.2 Å². The summed E-state index contributed by atoms with van der Waals surface area (Å²) >= 11 is 0. The standard InChI is InChI=1S/C14H17N3O3/c1-3-19-10-6-4-5-7-11(10)20-14-8-12(15)16-13(17-14)9-18-2/h4-8H,3,9H2,1-2H3,(H2,15,16,17). The molecule has 6 heteroatoms. The molecule has 1 aromatic carbocycles. The minimum Gasteiger partial charge on any atom is -0.490 e. The van der Waals surface area contributed by atoms with E-state index in [0.717, 1.165) is 0 Å². The number of methoxy groups -OCH3 is 1. The van der Waals surface area contributed by atoms with Crippen LogP contribution in [0.3, 0.4) is 0 Å². The Kier molecular flexibility index (Phi) is 4.73. The average Bonchev–Trinajstić information content (AvgIpc) is 2.41. The molecule has 0 radical (unpaired) electrons. The predicted molar refractivity (Wildman–Crippen MR) is 74.8 cm³/mol. The zero-order valence-electron chi connectivity index (χ0n) is 11.5. The Morgan fingerprint density at radius 1 is 1.15 bits per heavy atom. The fourth-order valence-electron chi connectivity index (χ4n) is 1.66. The van der Waals surface area contributed by atoms with Crippen LogP contribution in [0.25, 0.3) is 0 Å². The van der Waals surface area contributed by atoms with Gasteiger partial charge in [0.25, 0.3) is 0 Å². The normalized spacial score (nSPS) is 10.3. The number of anilines is 1. The molecule has 2 rings (SSSR count). The Hall–Kier alpha value is -2.34. The number of para-hydroxylation sites is 2. The SMILES string of the molecule is CCOc1ccccc1Oc1cc(N)nc(COC)n1. The average molecular weight is 275 g/mol. The quantitative estimate of drug-likeness (QED) is 0.872. The van der Waals surface area contributed by atoms with Gasteiger partial charge < -0.3 is 19.9 Å². The third-order valence-electron chi connectivity index (χ3n) is 2.41. The van der Waals surface area contributed by atoms with Crippen molar-refractivity contribution < 1.29 is 14.2 Å². The van der Waals surface area contributed by atoms with Crippen molar-refractivity contribution in [2.45, 2.75) is 13.5 Å². The number of ether oxygens (including phenoxy) is 3. The van der Waals surface area contributed by atoms with E-state index in [1.54, 1.807) is 19.2 Å². The van der Waals surface area contributed by atoms with Gasteiger partial charge in [-0.15, -0.1) is 0 Å². The molecule has 0 fully saturated rings. The molecule has 0 unspecified atom stereocenters. The molecule has 1 aromatic heterocycles. The van der Waals surface area contributed by atoms with E-state index in [0.29, 0.717) is 35.6 Å². The number of rotatable bonds is 6. The van der Waals surface area contributed by atoms with Crippen LogP contribution in [0.15, 0.2) is 30.3 Å². The molecule has 0 amide bonds. The van der Waals surface area contributed by atoms with Gasteiger partial charge >= 0.3 is 0 Å². The monoisotopic (exact) mass is 275 g/mol. The molecule has 0 aliphatic carbocycles. The van der Waals surface area contributed by atoms with Crippen molar-refractivity contribution in [3.63, 3.8) is 0 Å². The van der Waals surface area contributed by atoms with E-state index >= 15 is 0 Å². The van der Waals surface area contributed by atoms with Gasteiger partial charge in [0.2, 0.25) is 5.88 Å². The minimum absolute atomic E-state index is 0.272. The van der Waals surface area contributed by atoms with Crippen LogP contribution in [0, 0.1) is 0 Å². The van der Waals surface area contributed by atoms with E-state index in [1.807, 2.05) is 25.1 Å². The molecule has 106 valence electrons. The summed E-state index contributed by atoms with van der Waals surface area (Å²) in [6, 6.07) is 8.93. The Morgan fingerprint density at radius 3 is 2.60 bits per heavy atom. The molecule has 0 saturated heterocycles. The van der Waals surface area contributed by atoms with Crippen LogP contribution in [-0.4, -0.2) is 23.7 Å². The third kappa shape index (κ3) is 3.58. The first kappa shape index (κ1) is 14.1. The lowest BCUT2D eigenvalue weighted by Crippen LogP contribution is -2.03. The smallest absolute Gasteiger partial charge is 0.224 e. The van der Waals surface area contributed by atoms with Crippen molar-refractivity contribution >= 4 is 5.82 Å². The molecule has 1 heterocycles. The summed E-state index contributed by atoms with van der Waals surface area (Å²) in [6.45, 7) is 2.74. The van der Waals surface area contributed by atoms with E-state index in [4.69, 9.17) is 19.9 Å². The molecular formula is C14H17N3O3. The fraction of sp³-hybridized carbons (Fsp3) is 0.286. The maximum Gasteiger partial charge on any atom is 0.224 e. The number of aromatic nitrogens is 2. The van der Waals surface area contributed by atoms with E-state index < -0.39 is 0 Å². The highest BCUT2D eigenvalue weighted by Crippen LogP contribution is 2.30. The van der Waals surface area contributed by atoms with E-state index in [1.165, 1.54) is 0 Å². The van der Waals surface area contributed by atoms with Gasteiger partial charge in [-0.1, -0.05) is 12.1 Å². The van der Waals surface area contributed by atoms with Crippen molar-refractivity contribution in [3.05, 3.63) is 36.2 Å². The van der Waals surface area contributed by atoms with E-state index in [-0.39, 0.29) is 6.61 Å². The van der Waals surface area contributed by atoms with E-state index in [9.17, 15) is 0 Å². The minimum atomic E-state index is 0.272. The topological polar surface area (TPSA) is 79.5 Å². The zero-order chi connectivity index (χ0) is 14.4. The second-order valence-electron chi connectivity index (χ2n) is 3.96. The zero-order valence-corrected chi connectivity index (χ0v) is 11.5. The first-order valence-electron chi connectivity index (χ1n) is 6.25. The highest BCUT2D eigenvalue weighted by molar-refractivity contribution is 5.43. The Labute approximate surface area is 117 Å². The molecule has 0 aliphatic heterocycles. The summed E-state index contributed by atoms with van der Waals surface area (Å²) in [7, 11) is 1.57. The summed E-state index contributed by atoms with van der Waals surface area (Å²) < 4.78 is 16.2. The number of hydrogen-bond acceptors (Lipinski definition) is 6.